The van der Waals surface area contributed by atoms with Crippen LogP contribution in [0, 0.1) is 17.1 Å². The molecule has 3 rings (SSSR count). The molecule has 2 heterocycles. The summed E-state index contributed by atoms with van der Waals surface area (Å²) in [6.45, 7) is 0.447. The number of carbonyl (C=O) groups excluding carboxylic acids is 1. The largest absolute Gasteiger partial charge is 0.315 e. The van der Waals surface area contributed by atoms with Crippen LogP contribution in [0.1, 0.15) is 27.9 Å². The van der Waals surface area contributed by atoms with E-state index < -0.39 is 11.5 Å². The lowest BCUT2D eigenvalue weighted by Crippen LogP contribution is -2.38. The van der Waals surface area contributed by atoms with Crippen molar-refractivity contribution < 1.29 is 9.18 Å². The number of pyridine rings is 1. The Morgan fingerprint density at radius 3 is 2.92 bits per heavy atom. The number of aromatic amines is 1. The molecule has 0 aliphatic carbocycles. The lowest BCUT2D eigenvalue weighted by Gasteiger charge is -2.29. The maximum atomic E-state index is 13.4. The number of nitrogens with zero attached hydrogens (tertiary/aromatic N) is 2. The number of rotatable bonds is 2. The molecule has 0 fully saturated rings. The maximum absolute atomic E-state index is 13.4. The Morgan fingerprint density at radius 2 is 2.21 bits per heavy atom. The van der Waals surface area contributed by atoms with Crippen LogP contribution in [0.15, 0.2) is 34.1 Å². The molecule has 1 aromatic carbocycles. The summed E-state index contributed by atoms with van der Waals surface area (Å²) in [7, 11) is 0. The molecule has 0 spiro atoms. The molecule has 1 aliphatic heterocycles. The number of hydrogen-bond acceptors (Lipinski definition) is 4. The Hall–Kier alpha value is -2.59. The number of halogens is 1. The molecule has 0 saturated heterocycles. The first-order valence-electron chi connectivity index (χ1n) is 7.37. The van der Waals surface area contributed by atoms with Gasteiger partial charge in [-0.1, -0.05) is 0 Å². The molecule has 0 bridgehead atoms. The van der Waals surface area contributed by atoms with E-state index in [4.69, 9.17) is 0 Å². The fraction of sp³-hybridized carbons (Fsp3) is 0.235. The van der Waals surface area contributed by atoms with Gasteiger partial charge in [0.25, 0.3) is 11.5 Å². The molecule has 1 aliphatic rings. The molecule has 0 unspecified atom stereocenters. The minimum absolute atomic E-state index is 0.0819. The average Bonchev–Trinajstić information content (AvgIpc) is 2.60. The van der Waals surface area contributed by atoms with Crippen LogP contribution >= 0.6 is 11.8 Å². The number of amides is 1. The van der Waals surface area contributed by atoms with E-state index in [-0.39, 0.29) is 16.9 Å². The lowest BCUT2D eigenvalue weighted by molar-refractivity contribution is 0.0983. The van der Waals surface area contributed by atoms with Gasteiger partial charge in [-0.05, 0) is 48.9 Å². The van der Waals surface area contributed by atoms with Crippen LogP contribution in [0.4, 0.5) is 10.1 Å². The highest BCUT2D eigenvalue weighted by Gasteiger charge is 2.26. The predicted molar refractivity (Wildman–Crippen MR) is 90.0 cm³/mol. The predicted octanol–water partition coefficient (Wildman–Crippen LogP) is 2.70. The van der Waals surface area contributed by atoms with Crippen molar-refractivity contribution in [1.29, 1.82) is 5.26 Å². The second-order valence-corrected chi connectivity index (χ2v) is 6.22. The number of carbonyl (C=O) groups is 1. The zero-order chi connectivity index (χ0) is 17.3. The van der Waals surface area contributed by atoms with Crippen LogP contribution < -0.4 is 10.5 Å². The third-order valence-corrected chi connectivity index (χ3v) is 4.70. The molecule has 7 heteroatoms. The number of hydrogen-bond donors (Lipinski definition) is 1. The molecule has 0 radical (unpaired) electrons. The number of anilines is 1. The van der Waals surface area contributed by atoms with Crippen LogP contribution in [0.2, 0.25) is 0 Å². The van der Waals surface area contributed by atoms with E-state index in [1.54, 1.807) is 12.3 Å². The van der Waals surface area contributed by atoms with Gasteiger partial charge in [0.05, 0.1) is 10.6 Å². The van der Waals surface area contributed by atoms with Gasteiger partial charge in [0.2, 0.25) is 0 Å². The zero-order valence-corrected chi connectivity index (χ0v) is 13.7. The minimum atomic E-state index is -0.530. The van der Waals surface area contributed by atoms with Gasteiger partial charge in [0.1, 0.15) is 17.4 Å². The van der Waals surface area contributed by atoms with Crippen molar-refractivity contribution in [1.82, 2.24) is 4.98 Å². The molecule has 24 heavy (non-hydrogen) atoms. The summed E-state index contributed by atoms with van der Waals surface area (Å²) in [5.74, 6) is -0.829. The highest BCUT2D eigenvalue weighted by molar-refractivity contribution is 7.98. The fourth-order valence-electron chi connectivity index (χ4n) is 2.84. The van der Waals surface area contributed by atoms with E-state index >= 15 is 0 Å². The molecule has 1 amide bonds. The van der Waals surface area contributed by atoms with Gasteiger partial charge in [-0.3, -0.25) is 9.59 Å². The minimum Gasteiger partial charge on any atom is -0.315 e. The molecule has 0 atom stereocenters. The van der Waals surface area contributed by atoms with Gasteiger partial charge >= 0.3 is 0 Å². The van der Waals surface area contributed by atoms with Crippen molar-refractivity contribution in [2.24, 2.45) is 0 Å². The third kappa shape index (κ3) is 2.81. The number of aromatic nitrogens is 1. The van der Waals surface area contributed by atoms with Gasteiger partial charge in [-0.2, -0.15) is 5.26 Å². The van der Waals surface area contributed by atoms with Crippen LogP contribution in [0.25, 0.3) is 0 Å². The number of benzene rings is 1. The summed E-state index contributed by atoms with van der Waals surface area (Å²) in [6, 6.07) is 7.58. The standard InChI is InChI=1S/C17H14FN3O2S/c1-24-16-11(9-19)8-13(15(22)20-16)17(23)21-6-2-3-10-7-12(18)4-5-14(10)21/h4-5,7-8H,2-3,6H2,1H3,(H,20,22). The van der Waals surface area contributed by atoms with E-state index in [0.717, 1.165) is 5.56 Å². The molecule has 2 aromatic rings. The van der Waals surface area contributed by atoms with Crippen molar-refractivity contribution in [2.45, 2.75) is 17.9 Å². The fourth-order valence-corrected chi connectivity index (χ4v) is 3.36. The highest BCUT2D eigenvalue weighted by atomic mass is 32.2. The number of nitrogens with one attached hydrogen (secondary N) is 1. The van der Waals surface area contributed by atoms with Crippen LogP contribution in [-0.2, 0) is 6.42 Å². The monoisotopic (exact) mass is 343 g/mol. The average molecular weight is 343 g/mol. The lowest BCUT2D eigenvalue weighted by atomic mass is 10.0. The molecule has 5 nitrogen and oxygen atoms in total. The van der Waals surface area contributed by atoms with E-state index in [9.17, 15) is 19.2 Å². The first-order valence-corrected chi connectivity index (χ1v) is 8.59. The number of H-pyrrole nitrogens is 1. The molecule has 1 N–H and O–H groups in total. The number of fused-ring (bicyclic) bond motifs is 1. The SMILES string of the molecule is CSc1[nH]c(=O)c(C(=O)N2CCCc3cc(F)ccc32)cc1C#N. The third-order valence-electron chi connectivity index (χ3n) is 3.97. The van der Waals surface area contributed by atoms with Gasteiger partial charge in [0.15, 0.2) is 0 Å². The van der Waals surface area contributed by atoms with E-state index in [2.05, 4.69) is 4.98 Å². The quantitative estimate of drug-likeness (QED) is 0.851. The summed E-state index contributed by atoms with van der Waals surface area (Å²) in [5, 5.41) is 9.62. The summed E-state index contributed by atoms with van der Waals surface area (Å²) < 4.78 is 13.4. The Labute approximate surface area is 142 Å². The normalized spacial score (nSPS) is 13.3. The maximum Gasteiger partial charge on any atom is 0.263 e. The van der Waals surface area contributed by atoms with E-state index in [1.165, 1.54) is 34.9 Å². The van der Waals surface area contributed by atoms with Crippen LogP contribution in [-0.4, -0.2) is 23.7 Å². The van der Waals surface area contributed by atoms with Gasteiger partial charge < -0.3 is 9.88 Å². The number of thioether (sulfide) groups is 1. The molecular weight excluding hydrogens is 329 g/mol. The van der Waals surface area contributed by atoms with Crippen molar-refractivity contribution in [3.63, 3.8) is 0 Å². The summed E-state index contributed by atoms with van der Waals surface area (Å²) >= 11 is 1.24. The van der Waals surface area contributed by atoms with E-state index in [1.807, 2.05) is 6.07 Å². The summed E-state index contributed by atoms with van der Waals surface area (Å²) in [4.78, 5) is 29.1. The highest BCUT2D eigenvalue weighted by Crippen LogP contribution is 2.29. The number of nitriles is 1. The smallest absolute Gasteiger partial charge is 0.263 e. The summed E-state index contributed by atoms with van der Waals surface area (Å²) in [5.41, 5.74) is 0.993. The first-order chi connectivity index (χ1) is 11.5. The molecule has 1 aromatic heterocycles. The molecular formula is C17H14FN3O2S. The van der Waals surface area contributed by atoms with Crippen molar-refractivity contribution in [2.75, 3.05) is 17.7 Å². The zero-order valence-electron chi connectivity index (χ0n) is 12.9. The Balaban J connectivity index is 2.06. The summed E-state index contributed by atoms with van der Waals surface area (Å²) in [6.07, 6.45) is 3.11. The van der Waals surface area contributed by atoms with Crippen LogP contribution in [0.3, 0.4) is 0 Å². The second kappa shape index (κ2) is 6.49. The van der Waals surface area contributed by atoms with Gasteiger partial charge in [0, 0.05) is 12.2 Å². The Morgan fingerprint density at radius 1 is 1.42 bits per heavy atom. The molecule has 122 valence electrons. The number of aryl methyl sites for hydroxylation is 1. The first kappa shape index (κ1) is 16.3. The van der Waals surface area contributed by atoms with Crippen molar-refractivity contribution >= 4 is 23.4 Å². The van der Waals surface area contributed by atoms with Crippen molar-refractivity contribution in [3.8, 4) is 6.07 Å². The van der Waals surface area contributed by atoms with Gasteiger partial charge in [-0.15, -0.1) is 11.8 Å². The topological polar surface area (TPSA) is 77.0 Å². The Kier molecular flexibility index (Phi) is 4.40. The van der Waals surface area contributed by atoms with Crippen LogP contribution in [0.5, 0.6) is 0 Å². The molecule has 0 saturated carbocycles. The second-order valence-electron chi connectivity index (χ2n) is 5.40. The Bertz CT molecular complexity index is 917. The van der Waals surface area contributed by atoms with Gasteiger partial charge in [-0.25, -0.2) is 4.39 Å². The van der Waals surface area contributed by atoms with Crippen molar-refractivity contribution in [3.05, 3.63) is 57.1 Å². The van der Waals surface area contributed by atoms with E-state index in [0.29, 0.717) is 30.1 Å².